The molecule has 0 saturated carbocycles. The van der Waals surface area contributed by atoms with Crippen LogP contribution in [0.5, 0.6) is 11.5 Å². The average Bonchev–Trinajstić information content (AvgIpc) is 2.45. The van der Waals surface area contributed by atoms with Crippen LogP contribution in [0, 0.1) is 11.3 Å². The molecule has 4 N–H and O–H groups in total. The van der Waals surface area contributed by atoms with E-state index in [1.54, 1.807) is 26.4 Å². The van der Waals surface area contributed by atoms with Crippen LogP contribution in [-0.4, -0.2) is 19.3 Å². The summed E-state index contributed by atoms with van der Waals surface area (Å²) < 4.78 is 10.4. The van der Waals surface area contributed by atoms with Crippen molar-refractivity contribution in [1.29, 1.82) is 5.26 Å². The minimum atomic E-state index is -0.409. The van der Waals surface area contributed by atoms with E-state index in [0.29, 0.717) is 22.2 Å². The summed E-state index contributed by atoms with van der Waals surface area (Å²) in [5, 5.41) is 15.4. The zero-order valence-electron chi connectivity index (χ0n) is 11.1. The molecule has 1 heterocycles. The average molecular weight is 290 g/mol. The second-order valence-corrected chi connectivity index (χ2v) is 4.49. The fourth-order valence-electron chi connectivity index (χ4n) is 1.99. The van der Waals surface area contributed by atoms with Crippen LogP contribution in [0.3, 0.4) is 0 Å². The summed E-state index contributed by atoms with van der Waals surface area (Å²) in [6.07, 6.45) is 0. The smallest absolute Gasteiger partial charge is 0.172 e. The van der Waals surface area contributed by atoms with E-state index >= 15 is 0 Å². The molecule has 0 radical (unpaired) electrons. The first-order valence-corrected chi connectivity index (χ1v) is 6.20. The molecule has 104 valence electrons. The van der Waals surface area contributed by atoms with Crippen LogP contribution >= 0.6 is 12.2 Å². The molecule has 6 nitrogen and oxygen atoms in total. The van der Waals surface area contributed by atoms with Crippen LogP contribution in [0.2, 0.25) is 0 Å². The normalized spacial score (nSPS) is 17.9. The molecule has 20 heavy (non-hydrogen) atoms. The number of nitrogens with two attached hydrogens (primary N) is 1. The van der Waals surface area contributed by atoms with Gasteiger partial charge >= 0.3 is 0 Å². The Kier molecular flexibility index (Phi) is 3.96. The van der Waals surface area contributed by atoms with Crippen molar-refractivity contribution in [3.05, 3.63) is 35.2 Å². The van der Waals surface area contributed by atoms with Gasteiger partial charge < -0.3 is 25.8 Å². The quantitative estimate of drug-likeness (QED) is 0.713. The maximum absolute atomic E-state index is 9.24. The zero-order valence-corrected chi connectivity index (χ0v) is 11.9. The zero-order chi connectivity index (χ0) is 14.7. The monoisotopic (exact) mass is 290 g/mol. The molecule has 0 fully saturated rings. The molecule has 2 rings (SSSR count). The van der Waals surface area contributed by atoms with Crippen molar-refractivity contribution in [3.63, 3.8) is 0 Å². The van der Waals surface area contributed by atoms with Gasteiger partial charge in [0, 0.05) is 0 Å². The maximum Gasteiger partial charge on any atom is 0.172 e. The van der Waals surface area contributed by atoms with E-state index in [9.17, 15) is 5.26 Å². The Morgan fingerprint density at radius 1 is 1.30 bits per heavy atom. The van der Waals surface area contributed by atoms with Gasteiger partial charge in [-0.25, -0.2) is 0 Å². The fraction of sp³-hybridized carbons (Fsp3) is 0.231. The highest BCUT2D eigenvalue weighted by Gasteiger charge is 2.26. The summed E-state index contributed by atoms with van der Waals surface area (Å²) in [4.78, 5) is 0. The third-order valence-corrected chi connectivity index (χ3v) is 3.18. The highest BCUT2D eigenvalue weighted by molar-refractivity contribution is 7.80. The van der Waals surface area contributed by atoms with Crippen LogP contribution in [0.25, 0.3) is 0 Å². The third kappa shape index (κ3) is 2.46. The lowest BCUT2D eigenvalue weighted by atomic mass is 9.98. The first-order valence-electron chi connectivity index (χ1n) is 5.80. The second-order valence-electron chi connectivity index (χ2n) is 4.09. The maximum atomic E-state index is 9.24. The molecule has 0 amide bonds. The van der Waals surface area contributed by atoms with Crippen LogP contribution in [-0.2, 0) is 0 Å². The first kappa shape index (κ1) is 14.0. The van der Waals surface area contributed by atoms with Gasteiger partial charge in [-0.3, -0.25) is 0 Å². The summed E-state index contributed by atoms with van der Waals surface area (Å²) in [5.74, 6) is 1.45. The predicted octanol–water partition coefficient (Wildman–Crippen LogP) is 0.916. The third-order valence-electron chi connectivity index (χ3n) is 2.96. The molecule has 0 aromatic heterocycles. The lowest BCUT2D eigenvalue weighted by molar-refractivity contribution is 0.354. The van der Waals surface area contributed by atoms with Gasteiger partial charge in [-0.05, 0) is 29.9 Å². The van der Waals surface area contributed by atoms with Crippen molar-refractivity contribution in [1.82, 2.24) is 10.6 Å². The Morgan fingerprint density at radius 3 is 2.60 bits per heavy atom. The number of ether oxygens (including phenoxy) is 2. The molecule has 1 aromatic rings. The van der Waals surface area contributed by atoms with Crippen molar-refractivity contribution in [2.75, 3.05) is 14.2 Å². The lowest BCUT2D eigenvalue weighted by Gasteiger charge is -2.27. The van der Waals surface area contributed by atoms with E-state index < -0.39 is 6.04 Å². The molecule has 1 aliphatic rings. The van der Waals surface area contributed by atoms with Gasteiger partial charge in [0.2, 0.25) is 0 Å². The molecule has 1 aliphatic heterocycles. The molecule has 0 bridgehead atoms. The molecular weight excluding hydrogens is 276 g/mol. The van der Waals surface area contributed by atoms with E-state index in [1.807, 2.05) is 6.07 Å². The summed E-state index contributed by atoms with van der Waals surface area (Å²) >= 11 is 5.07. The molecular formula is C13H14N4O2S. The molecule has 0 aliphatic carbocycles. The molecule has 1 atom stereocenters. The van der Waals surface area contributed by atoms with Crippen molar-refractivity contribution < 1.29 is 9.47 Å². The van der Waals surface area contributed by atoms with Crippen LogP contribution < -0.4 is 25.8 Å². The van der Waals surface area contributed by atoms with E-state index in [0.717, 1.165) is 5.56 Å². The van der Waals surface area contributed by atoms with Gasteiger partial charge in [0.05, 0.1) is 25.8 Å². The largest absolute Gasteiger partial charge is 0.493 e. The molecule has 0 spiro atoms. The number of nitrogens with one attached hydrogen (secondary N) is 2. The number of nitrogens with zero attached hydrogens (tertiary/aromatic N) is 1. The van der Waals surface area contributed by atoms with E-state index in [2.05, 4.69) is 16.7 Å². The SMILES string of the molecule is COc1ccc(C2NC(=S)NC(N)=C2C#N)cc1OC. The number of methoxy groups -OCH3 is 2. The number of nitriles is 1. The minimum absolute atomic E-state index is 0.260. The minimum Gasteiger partial charge on any atom is -0.493 e. The molecule has 7 heteroatoms. The topological polar surface area (TPSA) is 92.3 Å². The Labute approximate surface area is 122 Å². The number of hydrogen-bond acceptors (Lipinski definition) is 5. The summed E-state index contributed by atoms with van der Waals surface area (Å²) in [5.41, 5.74) is 6.99. The van der Waals surface area contributed by atoms with E-state index in [1.165, 1.54) is 0 Å². The van der Waals surface area contributed by atoms with Gasteiger partial charge in [0.15, 0.2) is 16.6 Å². The second kappa shape index (κ2) is 5.67. The van der Waals surface area contributed by atoms with Gasteiger partial charge in [0.1, 0.15) is 11.9 Å². The highest BCUT2D eigenvalue weighted by atomic mass is 32.1. The van der Waals surface area contributed by atoms with E-state index in [-0.39, 0.29) is 5.82 Å². The van der Waals surface area contributed by atoms with Crippen LogP contribution in [0.1, 0.15) is 11.6 Å². The molecule has 0 saturated heterocycles. The Balaban J connectivity index is 2.47. The standard InChI is InChI=1S/C13H14N4O2S/c1-18-9-4-3-7(5-10(9)19-2)11-8(6-14)12(15)17-13(20)16-11/h3-5,11H,15H2,1-2H3,(H2,16,17,20). The van der Waals surface area contributed by atoms with E-state index in [4.69, 9.17) is 27.4 Å². The Bertz CT molecular complexity index is 621. The summed E-state index contributed by atoms with van der Waals surface area (Å²) in [7, 11) is 3.12. The highest BCUT2D eigenvalue weighted by Crippen LogP contribution is 2.33. The fourth-order valence-corrected chi connectivity index (χ4v) is 2.22. The Morgan fingerprint density at radius 2 is 2.00 bits per heavy atom. The van der Waals surface area contributed by atoms with Gasteiger partial charge in [-0.15, -0.1) is 0 Å². The van der Waals surface area contributed by atoms with Gasteiger partial charge in [0.25, 0.3) is 0 Å². The van der Waals surface area contributed by atoms with Crippen molar-refractivity contribution in [2.24, 2.45) is 5.73 Å². The lowest BCUT2D eigenvalue weighted by Crippen LogP contribution is -2.45. The van der Waals surface area contributed by atoms with Crippen molar-refractivity contribution in [3.8, 4) is 17.6 Å². The molecule has 1 aromatic carbocycles. The van der Waals surface area contributed by atoms with Crippen LogP contribution in [0.4, 0.5) is 0 Å². The number of benzene rings is 1. The first-order chi connectivity index (χ1) is 9.60. The predicted molar refractivity (Wildman–Crippen MR) is 78.0 cm³/mol. The Hall–Kier alpha value is -2.46. The number of hydrogen-bond donors (Lipinski definition) is 3. The molecule has 1 unspecified atom stereocenters. The number of thiocarbonyl (C=S) groups is 1. The van der Waals surface area contributed by atoms with Crippen molar-refractivity contribution in [2.45, 2.75) is 6.04 Å². The van der Waals surface area contributed by atoms with Crippen LogP contribution in [0.15, 0.2) is 29.6 Å². The summed E-state index contributed by atoms with van der Waals surface area (Å²) in [6, 6.07) is 7.07. The van der Waals surface area contributed by atoms with Gasteiger partial charge in [-0.1, -0.05) is 6.07 Å². The summed E-state index contributed by atoms with van der Waals surface area (Å²) in [6.45, 7) is 0. The number of rotatable bonds is 3. The van der Waals surface area contributed by atoms with Crippen molar-refractivity contribution >= 4 is 17.3 Å². The van der Waals surface area contributed by atoms with Gasteiger partial charge in [-0.2, -0.15) is 5.26 Å².